The fraction of sp³-hybridized carbons (Fsp3) is 0.261. The third kappa shape index (κ3) is 5.88. The van der Waals surface area contributed by atoms with E-state index in [1.165, 1.54) is 26.0 Å². The van der Waals surface area contributed by atoms with Crippen molar-refractivity contribution < 1.29 is 27.5 Å². The van der Waals surface area contributed by atoms with Gasteiger partial charge in [0.25, 0.3) is 11.8 Å². The second-order valence-corrected chi connectivity index (χ2v) is 8.15. The van der Waals surface area contributed by atoms with Gasteiger partial charge >= 0.3 is 6.18 Å². The monoisotopic (exact) mass is 494 g/mol. The number of aryl methyl sites for hydroxylation is 1. The number of nitrogens with one attached hydrogen (secondary N) is 2. The highest BCUT2D eigenvalue weighted by molar-refractivity contribution is 6.31. The van der Waals surface area contributed by atoms with Crippen LogP contribution in [0.15, 0.2) is 48.7 Å². The number of aromatic nitrogens is 2. The maximum atomic E-state index is 13.4. The van der Waals surface area contributed by atoms with Crippen LogP contribution in [0.5, 0.6) is 5.75 Å². The first-order chi connectivity index (χ1) is 16.0. The molecule has 0 radical (unpaired) electrons. The molecule has 3 rings (SSSR count). The number of amides is 2. The third-order valence-electron chi connectivity index (χ3n) is 4.84. The first-order valence-corrected chi connectivity index (χ1v) is 10.6. The lowest BCUT2D eigenvalue weighted by Gasteiger charge is -2.15. The molecular formula is C23H22ClF3N4O3. The molecule has 0 aliphatic heterocycles. The number of nitrogens with zero attached hydrogens (tertiary/aromatic N) is 2. The Kier molecular flexibility index (Phi) is 7.51. The smallest absolute Gasteiger partial charge is 0.433 e. The summed E-state index contributed by atoms with van der Waals surface area (Å²) in [4.78, 5) is 24.6. The molecular weight excluding hydrogens is 473 g/mol. The fourth-order valence-corrected chi connectivity index (χ4v) is 3.20. The molecule has 2 N–H and O–H groups in total. The average molecular weight is 495 g/mol. The lowest BCUT2D eigenvalue weighted by molar-refractivity contribution is -0.145. The van der Waals surface area contributed by atoms with Gasteiger partial charge in [0.15, 0.2) is 5.69 Å². The van der Waals surface area contributed by atoms with Gasteiger partial charge in [-0.15, -0.1) is 0 Å². The quantitative estimate of drug-likeness (QED) is 0.467. The van der Waals surface area contributed by atoms with Crippen molar-refractivity contribution in [1.29, 1.82) is 0 Å². The van der Waals surface area contributed by atoms with Crippen LogP contribution in [-0.4, -0.2) is 21.6 Å². The van der Waals surface area contributed by atoms with Crippen molar-refractivity contribution >= 4 is 23.4 Å². The summed E-state index contributed by atoms with van der Waals surface area (Å²) in [6.07, 6.45) is -3.97. The number of carbonyl (C=O) groups is 2. The second kappa shape index (κ2) is 10.2. The van der Waals surface area contributed by atoms with Crippen molar-refractivity contribution in [3.63, 3.8) is 0 Å². The highest BCUT2D eigenvalue weighted by atomic mass is 35.5. The van der Waals surface area contributed by atoms with Crippen LogP contribution in [0, 0.1) is 6.92 Å². The largest absolute Gasteiger partial charge is 0.489 e. The molecule has 1 aromatic heterocycles. The van der Waals surface area contributed by atoms with Crippen molar-refractivity contribution in [3.8, 4) is 5.75 Å². The third-order valence-corrected chi connectivity index (χ3v) is 5.26. The van der Waals surface area contributed by atoms with E-state index in [0.717, 1.165) is 17.3 Å². The summed E-state index contributed by atoms with van der Waals surface area (Å²) in [6, 6.07) is 11.0. The zero-order chi connectivity index (χ0) is 25.0. The van der Waals surface area contributed by atoms with E-state index in [9.17, 15) is 22.8 Å². The Hall–Kier alpha value is -3.53. The Morgan fingerprint density at radius 2 is 1.74 bits per heavy atom. The van der Waals surface area contributed by atoms with Crippen LogP contribution in [-0.2, 0) is 12.8 Å². The Morgan fingerprint density at radius 3 is 2.32 bits per heavy atom. The molecule has 0 unspecified atom stereocenters. The molecule has 0 saturated carbocycles. The molecule has 34 heavy (non-hydrogen) atoms. The molecule has 0 fully saturated rings. The van der Waals surface area contributed by atoms with Crippen LogP contribution in [0.2, 0.25) is 5.02 Å². The van der Waals surface area contributed by atoms with Crippen LogP contribution in [0.3, 0.4) is 0 Å². The maximum Gasteiger partial charge on any atom is 0.433 e. The van der Waals surface area contributed by atoms with E-state index in [0.29, 0.717) is 15.5 Å². The van der Waals surface area contributed by atoms with Crippen molar-refractivity contribution in [1.82, 2.24) is 20.6 Å². The van der Waals surface area contributed by atoms with Crippen LogP contribution < -0.4 is 15.6 Å². The van der Waals surface area contributed by atoms with Gasteiger partial charge in [-0.25, -0.2) is 0 Å². The molecule has 0 saturated heterocycles. The minimum Gasteiger partial charge on any atom is -0.489 e. The molecule has 0 atom stereocenters. The maximum absolute atomic E-state index is 13.4. The molecule has 2 aromatic carbocycles. The van der Waals surface area contributed by atoms with E-state index in [-0.39, 0.29) is 12.2 Å². The SMILES string of the molecule is Cc1cc(OCc2ccc(C(=O)NNC(=O)c3cnn(C(C)C)c3C(F)(F)F)cc2)ccc1Cl. The fourth-order valence-electron chi connectivity index (χ4n) is 3.08. The zero-order valence-corrected chi connectivity index (χ0v) is 19.3. The number of alkyl halides is 3. The molecule has 1 heterocycles. The van der Waals surface area contributed by atoms with Gasteiger partial charge < -0.3 is 4.74 Å². The van der Waals surface area contributed by atoms with Crippen molar-refractivity contribution in [3.05, 3.63) is 81.6 Å². The molecule has 0 bridgehead atoms. The second-order valence-electron chi connectivity index (χ2n) is 7.75. The molecule has 180 valence electrons. The molecule has 0 aliphatic rings. The summed E-state index contributed by atoms with van der Waals surface area (Å²) in [7, 11) is 0. The van der Waals surface area contributed by atoms with Crippen LogP contribution in [0.25, 0.3) is 0 Å². The summed E-state index contributed by atoms with van der Waals surface area (Å²) in [5.41, 5.74) is 4.11. The number of halogens is 4. The van der Waals surface area contributed by atoms with E-state index in [4.69, 9.17) is 16.3 Å². The topological polar surface area (TPSA) is 85.2 Å². The number of hydrogen-bond acceptors (Lipinski definition) is 4. The summed E-state index contributed by atoms with van der Waals surface area (Å²) < 4.78 is 46.7. The molecule has 11 heteroatoms. The van der Waals surface area contributed by atoms with Crippen molar-refractivity contribution in [2.75, 3.05) is 0 Å². The van der Waals surface area contributed by atoms with E-state index < -0.39 is 35.3 Å². The predicted molar refractivity (Wildman–Crippen MR) is 120 cm³/mol. The number of hydrogen-bond donors (Lipinski definition) is 2. The van der Waals surface area contributed by atoms with Gasteiger partial charge in [-0.1, -0.05) is 23.7 Å². The normalized spacial score (nSPS) is 11.4. The summed E-state index contributed by atoms with van der Waals surface area (Å²) in [5, 5.41) is 4.29. The van der Waals surface area contributed by atoms with E-state index in [1.807, 2.05) is 18.4 Å². The number of hydrazine groups is 1. The van der Waals surface area contributed by atoms with Gasteiger partial charge in [0.2, 0.25) is 0 Å². The Balaban J connectivity index is 1.60. The number of rotatable bonds is 6. The molecule has 0 spiro atoms. The number of ether oxygens (including phenoxy) is 1. The molecule has 0 aliphatic carbocycles. The van der Waals surface area contributed by atoms with Crippen molar-refractivity contribution in [2.45, 2.75) is 39.6 Å². The first-order valence-electron chi connectivity index (χ1n) is 10.2. The predicted octanol–water partition coefficient (Wildman–Crippen LogP) is 5.10. The average Bonchev–Trinajstić information content (AvgIpc) is 3.25. The van der Waals surface area contributed by atoms with Gasteiger partial charge in [0.1, 0.15) is 12.4 Å². The molecule has 7 nitrogen and oxygen atoms in total. The minimum absolute atomic E-state index is 0.195. The van der Waals surface area contributed by atoms with Gasteiger partial charge in [0, 0.05) is 16.6 Å². The van der Waals surface area contributed by atoms with Gasteiger partial charge in [-0.2, -0.15) is 18.3 Å². The standard InChI is InChI=1S/C23H22ClF3N4O3/c1-13(2)31-20(23(25,26)27)18(11-28-31)22(33)30-29-21(32)16-6-4-15(5-7-16)12-34-17-8-9-19(24)14(3)10-17/h4-11,13H,12H2,1-3H3,(H,29,32)(H,30,33). The summed E-state index contributed by atoms with van der Waals surface area (Å²) in [6.45, 7) is 5.13. The van der Waals surface area contributed by atoms with Gasteiger partial charge in [0.05, 0.1) is 11.8 Å². The lowest BCUT2D eigenvalue weighted by atomic mass is 10.1. The number of benzene rings is 2. The van der Waals surface area contributed by atoms with E-state index in [2.05, 4.69) is 10.5 Å². The minimum atomic E-state index is -4.79. The molecule has 3 aromatic rings. The van der Waals surface area contributed by atoms with Crippen LogP contribution >= 0.6 is 11.6 Å². The van der Waals surface area contributed by atoms with E-state index in [1.54, 1.807) is 24.3 Å². The zero-order valence-electron chi connectivity index (χ0n) is 18.5. The Labute approximate surface area is 198 Å². The first kappa shape index (κ1) is 25.1. The van der Waals surface area contributed by atoms with E-state index >= 15 is 0 Å². The van der Waals surface area contributed by atoms with Crippen molar-refractivity contribution in [2.24, 2.45) is 0 Å². The van der Waals surface area contributed by atoms with Crippen LogP contribution in [0.1, 0.15) is 57.4 Å². The van der Waals surface area contributed by atoms with Crippen LogP contribution in [0.4, 0.5) is 13.2 Å². The highest BCUT2D eigenvalue weighted by Gasteiger charge is 2.40. The molecule has 2 amide bonds. The Morgan fingerprint density at radius 1 is 1.09 bits per heavy atom. The summed E-state index contributed by atoms with van der Waals surface area (Å²) in [5.74, 6) is -1.18. The van der Waals surface area contributed by atoms with Gasteiger partial charge in [-0.05, 0) is 62.2 Å². The Bertz CT molecular complexity index is 1190. The number of carbonyl (C=O) groups excluding carboxylic acids is 2. The van der Waals surface area contributed by atoms with Gasteiger partial charge in [-0.3, -0.25) is 25.1 Å². The lowest BCUT2D eigenvalue weighted by Crippen LogP contribution is -2.42. The summed E-state index contributed by atoms with van der Waals surface area (Å²) >= 11 is 5.99. The highest BCUT2D eigenvalue weighted by Crippen LogP contribution is 2.33.